The first kappa shape index (κ1) is 14.5. The maximum absolute atomic E-state index is 3.52. The van der Waals surface area contributed by atoms with E-state index in [1.54, 1.807) is 0 Å². The first-order valence-corrected chi connectivity index (χ1v) is 7.51. The average Bonchev–Trinajstić information content (AvgIpc) is 2.40. The lowest BCUT2D eigenvalue weighted by atomic mass is 9.83. The van der Waals surface area contributed by atoms with Crippen LogP contribution >= 0.6 is 0 Å². The Morgan fingerprint density at radius 2 is 1.89 bits per heavy atom. The number of hydrogen-bond donors (Lipinski definition) is 2. The molecule has 0 saturated carbocycles. The zero-order valence-corrected chi connectivity index (χ0v) is 12.8. The van der Waals surface area contributed by atoms with Crippen molar-refractivity contribution in [3.8, 4) is 0 Å². The summed E-state index contributed by atoms with van der Waals surface area (Å²) < 4.78 is 0. The minimum Gasteiger partial charge on any atom is -0.316 e. The largest absolute Gasteiger partial charge is 0.316 e. The van der Waals surface area contributed by atoms with Crippen molar-refractivity contribution in [3.63, 3.8) is 0 Å². The second kappa shape index (κ2) is 6.06. The van der Waals surface area contributed by atoms with Crippen LogP contribution in [0.3, 0.4) is 0 Å². The topological polar surface area (TPSA) is 24.1 Å². The molecular formula is C17H28N2. The van der Waals surface area contributed by atoms with Crippen LogP contribution in [0, 0.1) is 5.92 Å². The molecular weight excluding hydrogens is 232 g/mol. The molecule has 0 amide bonds. The van der Waals surface area contributed by atoms with Gasteiger partial charge in [0.2, 0.25) is 0 Å². The van der Waals surface area contributed by atoms with E-state index in [1.165, 1.54) is 30.5 Å². The molecule has 1 saturated heterocycles. The van der Waals surface area contributed by atoms with Gasteiger partial charge in [0.05, 0.1) is 0 Å². The lowest BCUT2D eigenvalue weighted by Crippen LogP contribution is -2.37. The summed E-state index contributed by atoms with van der Waals surface area (Å²) in [4.78, 5) is 0. The van der Waals surface area contributed by atoms with Gasteiger partial charge in [-0.2, -0.15) is 0 Å². The van der Waals surface area contributed by atoms with Gasteiger partial charge in [-0.3, -0.25) is 0 Å². The van der Waals surface area contributed by atoms with E-state index < -0.39 is 0 Å². The van der Waals surface area contributed by atoms with E-state index in [0.29, 0.717) is 12.0 Å². The first-order valence-electron chi connectivity index (χ1n) is 7.51. The van der Waals surface area contributed by atoms with Crippen molar-refractivity contribution in [1.29, 1.82) is 0 Å². The SMILES string of the molecule is CNC(c1ccc(C(C)(C)C)cc1)C1CCCNC1. The molecule has 1 heterocycles. The van der Waals surface area contributed by atoms with E-state index in [1.807, 2.05) is 0 Å². The van der Waals surface area contributed by atoms with Crippen molar-refractivity contribution in [2.45, 2.75) is 45.1 Å². The van der Waals surface area contributed by atoms with Gasteiger partial charge >= 0.3 is 0 Å². The molecule has 19 heavy (non-hydrogen) atoms. The minimum atomic E-state index is 0.236. The van der Waals surface area contributed by atoms with Crippen LogP contribution in [0.4, 0.5) is 0 Å². The fraction of sp³-hybridized carbons (Fsp3) is 0.647. The molecule has 1 aliphatic rings. The van der Waals surface area contributed by atoms with Crippen molar-refractivity contribution < 1.29 is 0 Å². The standard InChI is InChI=1S/C17H28N2/c1-17(2,3)15-9-7-13(8-10-15)16(18-4)14-6-5-11-19-12-14/h7-10,14,16,18-19H,5-6,11-12H2,1-4H3. The van der Waals surface area contributed by atoms with Crippen molar-refractivity contribution in [2.24, 2.45) is 5.92 Å². The summed E-state index contributed by atoms with van der Waals surface area (Å²) in [6.45, 7) is 9.11. The normalized spacial score (nSPS) is 22.2. The Bertz CT molecular complexity index is 383. The van der Waals surface area contributed by atoms with Gasteiger partial charge in [-0.25, -0.2) is 0 Å². The fourth-order valence-corrected chi connectivity index (χ4v) is 3.03. The molecule has 2 nitrogen and oxygen atoms in total. The summed E-state index contributed by atoms with van der Waals surface area (Å²) in [5.41, 5.74) is 3.07. The highest BCUT2D eigenvalue weighted by atomic mass is 14.9. The molecule has 1 aromatic carbocycles. The highest BCUT2D eigenvalue weighted by molar-refractivity contribution is 5.29. The molecule has 0 aliphatic carbocycles. The molecule has 2 rings (SSSR count). The van der Waals surface area contributed by atoms with Crippen LogP contribution in [-0.2, 0) is 5.41 Å². The van der Waals surface area contributed by atoms with Crippen LogP contribution in [0.5, 0.6) is 0 Å². The molecule has 1 fully saturated rings. The number of hydrogen-bond acceptors (Lipinski definition) is 2. The lowest BCUT2D eigenvalue weighted by Gasteiger charge is -2.31. The Hall–Kier alpha value is -0.860. The molecule has 1 aromatic rings. The van der Waals surface area contributed by atoms with Crippen LogP contribution < -0.4 is 10.6 Å². The number of nitrogens with one attached hydrogen (secondary N) is 2. The smallest absolute Gasteiger partial charge is 0.0358 e. The summed E-state index contributed by atoms with van der Waals surface area (Å²) in [7, 11) is 2.08. The van der Waals surface area contributed by atoms with Crippen LogP contribution in [0.2, 0.25) is 0 Å². The van der Waals surface area contributed by atoms with E-state index in [9.17, 15) is 0 Å². The van der Waals surface area contributed by atoms with Gasteiger partial charge < -0.3 is 10.6 Å². The molecule has 106 valence electrons. The van der Waals surface area contributed by atoms with Gasteiger partial charge in [0.1, 0.15) is 0 Å². The Morgan fingerprint density at radius 3 is 2.37 bits per heavy atom. The zero-order chi connectivity index (χ0) is 13.9. The fourth-order valence-electron chi connectivity index (χ4n) is 3.03. The van der Waals surface area contributed by atoms with Crippen molar-refractivity contribution in [2.75, 3.05) is 20.1 Å². The average molecular weight is 260 g/mol. The van der Waals surface area contributed by atoms with Gasteiger partial charge in [0.25, 0.3) is 0 Å². The molecule has 2 unspecified atom stereocenters. The highest BCUT2D eigenvalue weighted by Gasteiger charge is 2.24. The molecule has 2 N–H and O–H groups in total. The van der Waals surface area contributed by atoms with Crippen molar-refractivity contribution in [1.82, 2.24) is 10.6 Å². The zero-order valence-electron chi connectivity index (χ0n) is 12.8. The Labute approximate surface area is 118 Å². The molecule has 1 aliphatic heterocycles. The van der Waals surface area contributed by atoms with Crippen molar-refractivity contribution in [3.05, 3.63) is 35.4 Å². The maximum atomic E-state index is 3.52. The monoisotopic (exact) mass is 260 g/mol. The third-order valence-electron chi connectivity index (χ3n) is 4.25. The van der Waals surface area contributed by atoms with Crippen LogP contribution in [0.1, 0.15) is 50.8 Å². The quantitative estimate of drug-likeness (QED) is 0.872. The van der Waals surface area contributed by atoms with Crippen LogP contribution in [-0.4, -0.2) is 20.1 Å². The maximum Gasteiger partial charge on any atom is 0.0358 e. The van der Waals surface area contributed by atoms with Crippen LogP contribution in [0.25, 0.3) is 0 Å². The Morgan fingerprint density at radius 1 is 1.21 bits per heavy atom. The number of benzene rings is 1. The van der Waals surface area contributed by atoms with Crippen molar-refractivity contribution >= 4 is 0 Å². The van der Waals surface area contributed by atoms with Gasteiger partial charge in [-0.1, -0.05) is 45.0 Å². The van der Waals surface area contributed by atoms with E-state index in [4.69, 9.17) is 0 Å². The predicted molar refractivity (Wildman–Crippen MR) is 82.5 cm³/mol. The number of piperidine rings is 1. The highest BCUT2D eigenvalue weighted by Crippen LogP contribution is 2.29. The minimum absolute atomic E-state index is 0.236. The van der Waals surface area contributed by atoms with E-state index in [-0.39, 0.29) is 5.41 Å². The summed E-state index contributed by atoms with van der Waals surface area (Å²) in [5, 5.41) is 7.02. The first-order chi connectivity index (χ1) is 9.02. The molecule has 0 bridgehead atoms. The number of rotatable bonds is 3. The Balaban J connectivity index is 2.14. The van der Waals surface area contributed by atoms with Crippen LogP contribution in [0.15, 0.2) is 24.3 Å². The predicted octanol–water partition coefficient (Wildman–Crippen LogP) is 3.24. The molecule has 0 radical (unpaired) electrons. The second-order valence-corrected chi connectivity index (χ2v) is 6.74. The summed E-state index contributed by atoms with van der Waals surface area (Å²) in [6, 6.07) is 9.65. The summed E-state index contributed by atoms with van der Waals surface area (Å²) >= 11 is 0. The summed E-state index contributed by atoms with van der Waals surface area (Å²) in [5.74, 6) is 0.708. The summed E-state index contributed by atoms with van der Waals surface area (Å²) in [6.07, 6.45) is 2.61. The third kappa shape index (κ3) is 3.58. The molecule has 0 spiro atoms. The van der Waals surface area contributed by atoms with Gasteiger partial charge in [0.15, 0.2) is 0 Å². The van der Waals surface area contributed by atoms with E-state index in [2.05, 4.69) is 62.7 Å². The third-order valence-corrected chi connectivity index (χ3v) is 4.25. The Kier molecular flexibility index (Phi) is 4.64. The van der Waals surface area contributed by atoms with E-state index >= 15 is 0 Å². The van der Waals surface area contributed by atoms with E-state index in [0.717, 1.165) is 6.54 Å². The molecule has 0 aromatic heterocycles. The second-order valence-electron chi connectivity index (χ2n) is 6.74. The van der Waals surface area contributed by atoms with Gasteiger partial charge in [0, 0.05) is 6.04 Å². The van der Waals surface area contributed by atoms with Gasteiger partial charge in [-0.15, -0.1) is 0 Å². The lowest BCUT2D eigenvalue weighted by molar-refractivity contribution is 0.298. The molecule has 2 heteroatoms. The van der Waals surface area contributed by atoms with Gasteiger partial charge in [-0.05, 0) is 55.4 Å². The molecule has 2 atom stereocenters.